The Morgan fingerprint density at radius 3 is 2.55 bits per heavy atom. The van der Waals surface area contributed by atoms with E-state index < -0.39 is 0 Å². The summed E-state index contributed by atoms with van der Waals surface area (Å²) < 4.78 is 0.991. The number of nitrogens with one attached hydrogen (secondary N) is 2. The van der Waals surface area contributed by atoms with E-state index in [4.69, 9.17) is 0 Å². The van der Waals surface area contributed by atoms with Gasteiger partial charge in [-0.3, -0.25) is 4.98 Å². The molecule has 0 fully saturated rings. The molecular weight excluding hydrogens is 316 g/mol. The van der Waals surface area contributed by atoms with Crippen molar-refractivity contribution in [2.75, 3.05) is 5.32 Å². The number of anilines is 1. The molecule has 0 aliphatic carbocycles. The molecule has 100 valence electrons. The Bertz CT molecular complexity index is 660. The van der Waals surface area contributed by atoms with Crippen LogP contribution in [0.25, 0.3) is 11.3 Å². The molecule has 0 bridgehead atoms. The maximum atomic E-state index is 4.33. The third-order valence-electron chi connectivity index (χ3n) is 2.96. The van der Waals surface area contributed by atoms with Gasteiger partial charge in [-0.25, -0.2) is 4.98 Å². The van der Waals surface area contributed by atoms with E-state index in [-0.39, 0.29) is 0 Å². The molecule has 0 saturated carbocycles. The van der Waals surface area contributed by atoms with Gasteiger partial charge in [0.05, 0.1) is 30.5 Å². The molecule has 0 atom stereocenters. The monoisotopic (exact) mass is 328 g/mol. The fourth-order valence-electron chi connectivity index (χ4n) is 1.89. The van der Waals surface area contributed by atoms with Gasteiger partial charge in [0.15, 0.2) is 0 Å². The average Bonchev–Trinajstić information content (AvgIpc) is 3.01. The number of imidazole rings is 1. The molecule has 0 radical (unpaired) electrons. The Morgan fingerprint density at radius 1 is 1.05 bits per heavy atom. The molecule has 20 heavy (non-hydrogen) atoms. The summed E-state index contributed by atoms with van der Waals surface area (Å²) in [7, 11) is 0. The van der Waals surface area contributed by atoms with Crippen molar-refractivity contribution in [3.63, 3.8) is 0 Å². The van der Waals surface area contributed by atoms with Gasteiger partial charge in [-0.05, 0) is 45.8 Å². The van der Waals surface area contributed by atoms with Crippen LogP contribution in [-0.4, -0.2) is 15.0 Å². The number of aromatic amines is 1. The average molecular weight is 329 g/mol. The molecule has 3 rings (SSSR count). The molecule has 2 aromatic heterocycles. The first-order chi connectivity index (χ1) is 9.81. The lowest BCUT2D eigenvalue weighted by molar-refractivity contribution is 1.04. The summed E-state index contributed by atoms with van der Waals surface area (Å²) in [6, 6.07) is 12.2. The van der Waals surface area contributed by atoms with E-state index in [0.29, 0.717) is 6.54 Å². The lowest BCUT2D eigenvalue weighted by atomic mass is 10.1. The molecule has 2 heterocycles. The normalized spacial score (nSPS) is 10.4. The van der Waals surface area contributed by atoms with Gasteiger partial charge in [-0.15, -0.1) is 0 Å². The van der Waals surface area contributed by atoms with Gasteiger partial charge < -0.3 is 10.3 Å². The lowest BCUT2D eigenvalue weighted by Gasteiger charge is -2.07. The number of hydrogen-bond acceptors (Lipinski definition) is 3. The molecule has 0 saturated heterocycles. The molecule has 0 amide bonds. The molecule has 0 aliphatic rings. The van der Waals surface area contributed by atoms with Gasteiger partial charge >= 0.3 is 0 Å². The van der Waals surface area contributed by atoms with Crippen LogP contribution in [0.4, 0.5) is 5.69 Å². The predicted octanol–water partition coefficient (Wildman–Crippen LogP) is 3.85. The van der Waals surface area contributed by atoms with E-state index in [0.717, 1.165) is 27.1 Å². The standard InChI is InChI=1S/C15H13BrN4/c16-12-3-6-14(18-7-12)8-19-13-4-1-11(2-5-13)15-9-17-10-20-15/h1-7,9-10,19H,8H2,(H,17,20). The Kier molecular flexibility index (Phi) is 3.78. The van der Waals surface area contributed by atoms with Crippen molar-refractivity contribution in [1.29, 1.82) is 0 Å². The van der Waals surface area contributed by atoms with E-state index in [1.165, 1.54) is 0 Å². The van der Waals surface area contributed by atoms with Crippen LogP contribution in [0.1, 0.15) is 5.69 Å². The second kappa shape index (κ2) is 5.88. The van der Waals surface area contributed by atoms with Crippen LogP contribution in [0.5, 0.6) is 0 Å². The lowest BCUT2D eigenvalue weighted by Crippen LogP contribution is -2.01. The maximum absolute atomic E-state index is 4.33. The van der Waals surface area contributed by atoms with Crippen LogP contribution in [0.2, 0.25) is 0 Å². The topological polar surface area (TPSA) is 53.6 Å². The minimum atomic E-state index is 0.705. The minimum Gasteiger partial charge on any atom is -0.379 e. The third-order valence-corrected chi connectivity index (χ3v) is 3.43. The number of halogens is 1. The molecule has 0 aliphatic heterocycles. The van der Waals surface area contributed by atoms with Crippen molar-refractivity contribution in [3.8, 4) is 11.3 Å². The number of pyridine rings is 1. The van der Waals surface area contributed by atoms with E-state index in [2.05, 4.69) is 60.5 Å². The quantitative estimate of drug-likeness (QED) is 0.764. The van der Waals surface area contributed by atoms with Gasteiger partial charge in [0.25, 0.3) is 0 Å². The van der Waals surface area contributed by atoms with Gasteiger partial charge in [0, 0.05) is 16.4 Å². The molecule has 1 aromatic carbocycles. The number of rotatable bonds is 4. The highest BCUT2D eigenvalue weighted by Crippen LogP contribution is 2.19. The van der Waals surface area contributed by atoms with Crippen molar-refractivity contribution < 1.29 is 0 Å². The fourth-order valence-corrected chi connectivity index (χ4v) is 2.12. The van der Waals surface area contributed by atoms with Crippen LogP contribution in [0, 0.1) is 0 Å². The van der Waals surface area contributed by atoms with Crippen LogP contribution < -0.4 is 5.32 Å². The van der Waals surface area contributed by atoms with Gasteiger partial charge in [-0.2, -0.15) is 0 Å². The first kappa shape index (κ1) is 12.9. The van der Waals surface area contributed by atoms with E-state index in [1.807, 2.05) is 18.3 Å². The van der Waals surface area contributed by atoms with Gasteiger partial charge in [-0.1, -0.05) is 12.1 Å². The Hall–Kier alpha value is -2.14. The zero-order chi connectivity index (χ0) is 13.8. The Balaban J connectivity index is 1.65. The molecule has 5 heteroatoms. The summed E-state index contributed by atoms with van der Waals surface area (Å²) in [5.74, 6) is 0. The smallest absolute Gasteiger partial charge is 0.0924 e. The number of H-pyrrole nitrogens is 1. The molecule has 3 aromatic rings. The highest BCUT2D eigenvalue weighted by atomic mass is 79.9. The van der Waals surface area contributed by atoms with E-state index >= 15 is 0 Å². The van der Waals surface area contributed by atoms with Crippen molar-refractivity contribution in [3.05, 3.63) is 65.3 Å². The summed E-state index contributed by atoms with van der Waals surface area (Å²) in [6.45, 7) is 0.705. The van der Waals surface area contributed by atoms with Crippen molar-refractivity contribution in [2.24, 2.45) is 0 Å². The number of aromatic nitrogens is 3. The highest BCUT2D eigenvalue weighted by molar-refractivity contribution is 9.10. The Labute approximate surface area is 125 Å². The SMILES string of the molecule is Brc1ccc(CNc2ccc(-c3cnc[nH]3)cc2)nc1. The van der Waals surface area contributed by atoms with Crippen LogP contribution in [-0.2, 0) is 6.54 Å². The summed E-state index contributed by atoms with van der Waals surface area (Å²) in [6.07, 6.45) is 5.30. The first-order valence-corrected chi connectivity index (χ1v) is 7.04. The predicted molar refractivity (Wildman–Crippen MR) is 83.3 cm³/mol. The van der Waals surface area contributed by atoms with Gasteiger partial charge in [0.1, 0.15) is 0 Å². The van der Waals surface area contributed by atoms with Crippen LogP contribution >= 0.6 is 15.9 Å². The zero-order valence-corrected chi connectivity index (χ0v) is 12.3. The first-order valence-electron chi connectivity index (χ1n) is 6.24. The number of nitrogens with zero attached hydrogens (tertiary/aromatic N) is 2. The highest BCUT2D eigenvalue weighted by Gasteiger charge is 1.99. The van der Waals surface area contributed by atoms with Crippen molar-refractivity contribution >= 4 is 21.6 Å². The van der Waals surface area contributed by atoms with Crippen LogP contribution in [0.3, 0.4) is 0 Å². The molecule has 4 nitrogen and oxygen atoms in total. The van der Waals surface area contributed by atoms with Crippen LogP contribution in [0.15, 0.2) is 59.6 Å². The number of hydrogen-bond donors (Lipinski definition) is 2. The summed E-state index contributed by atoms with van der Waals surface area (Å²) in [5.41, 5.74) is 4.21. The summed E-state index contributed by atoms with van der Waals surface area (Å²) >= 11 is 3.38. The molecular formula is C15H13BrN4. The van der Waals surface area contributed by atoms with E-state index in [9.17, 15) is 0 Å². The van der Waals surface area contributed by atoms with Crippen molar-refractivity contribution in [1.82, 2.24) is 15.0 Å². The summed E-state index contributed by atoms with van der Waals surface area (Å²) in [4.78, 5) is 11.4. The number of benzene rings is 1. The molecule has 0 spiro atoms. The third kappa shape index (κ3) is 3.05. The minimum absolute atomic E-state index is 0.705. The van der Waals surface area contributed by atoms with Gasteiger partial charge in [0.2, 0.25) is 0 Å². The molecule has 0 unspecified atom stereocenters. The molecule has 2 N–H and O–H groups in total. The second-order valence-corrected chi connectivity index (χ2v) is 5.28. The summed E-state index contributed by atoms with van der Waals surface area (Å²) in [5, 5.41) is 3.35. The zero-order valence-electron chi connectivity index (χ0n) is 10.7. The Morgan fingerprint density at radius 2 is 1.90 bits per heavy atom. The van der Waals surface area contributed by atoms with E-state index in [1.54, 1.807) is 12.5 Å². The second-order valence-electron chi connectivity index (χ2n) is 4.36. The van der Waals surface area contributed by atoms with Crippen molar-refractivity contribution in [2.45, 2.75) is 6.54 Å². The fraction of sp³-hybridized carbons (Fsp3) is 0.0667. The maximum Gasteiger partial charge on any atom is 0.0924 e. The largest absolute Gasteiger partial charge is 0.379 e.